The number of thiophene rings is 2. The van der Waals surface area contributed by atoms with Crippen molar-refractivity contribution in [1.29, 1.82) is 0 Å². The maximum absolute atomic E-state index is 12.7. The van der Waals surface area contributed by atoms with E-state index in [1.54, 1.807) is 11.4 Å². The highest BCUT2D eigenvalue weighted by Crippen LogP contribution is 2.41. The molecule has 2 aromatic heterocycles. The third kappa shape index (κ3) is 3.55. The Labute approximate surface area is 166 Å². The molecular formula is C14H7Cl4NO2S3. The Morgan fingerprint density at radius 1 is 0.917 bits per heavy atom. The van der Waals surface area contributed by atoms with Crippen molar-refractivity contribution in [1.82, 2.24) is 0 Å². The van der Waals surface area contributed by atoms with Crippen molar-refractivity contribution < 1.29 is 8.42 Å². The highest BCUT2D eigenvalue weighted by Gasteiger charge is 2.22. The summed E-state index contributed by atoms with van der Waals surface area (Å²) in [6.07, 6.45) is 0. The second kappa shape index (κ2) is 7.03. The lowest BCUT2D eigenvalue weighted by molar-refractivity contribution is 0.601. The standard InChI is InChI=1S/C14H7Cl4NO2S3/c15-8-1-2-23-14(8)7-5-22-6-12(7)19-24(20,21)13-4-10(17)9(16)3-11(13)18/h1-6,19H. The van der Waals surface area contributed by atoms with Gasteiger partial charge in [0, 0.05) is 16.3 Å². The van der Waals surface area contributed by atoms with Crippen LogP contribution in [0.5, 0.6) is 0 Å². The molecule has 1 N–H and O–H groups in total. The lowest BCUT2D eigenvalue weighted by Crippen LogP contribution is -2.13. The van der Waals surface area contributed by atoms with Gasteiger partial charge in [-0.25, -0.2) is 8.42 Å². The molecular weight excluding hydrogens is 452 g/mol. The molecule has 0 radical (unpaired) electrons. The fourth-order valence-corrected chi connectivity index (χ4v) is 6.13. The number of hydrogen-bond donors (Lipinski definition) is 1. The van der Waals surface area contributed by atoms with Gasteiger partial charge in [-0.3, -0.25) is 4.72 Å². The Bertz CT molecular complexity index is 1010. The molecule has 0 unspecified atom stereocenters. The number of rotatable bonds is 4. The third-order valence-electron chi connectivity index (χ3n) is 3.03. The monoisotopic (exact) mass is 457 g/mol. The zero-order valence-electron chi connectivity index (χ0n) is 11.5. The van der Waals surface area contributed by atoms with E-state index in [1.807, 2.05) is 10.8 Å². The fourth-order valence-electron chi connectivity index (χ4n) is 1.95. The van der Waals surface area contributed by atoms with E-state index in [4.69, 9.17) is 46.4 Å². The molecule has 0 aliphatic carbocycles. The fraction of sp³-hybridized carbons (Fsp3) is 0. The first-order valence-corrected chi connectivity index (χ1v) is 11.1. The Morgan fingerprint density at radius 3 is 2.29 bits per heavy atom. The molecule has 2 heterocycles. The predicted octanol–water partition coefficient (Wildman–Crippen LogP) is 6.89. The largest absolute Gasteiger partial charge is 0.278 e. The van der Waals surface area contributed by atoms with E-state index in [1.165, 1.54) is 34.8 Å². The summed E-state index contributed by atoms with van der Waals surface area (Å²) in [6, 6.07) is 4.27. The summed E-state index contributed by atoms with van der Waals surface area (Å²) < 4.78 is 27.9. The smallest absolute Gasteiger partial charge is 0.263 e. The van der Waals surface area contributed by atoms with Crippen molar-refractivity contribution in [2.45, 2.75) is 4.90 Å². The van der Waals surface area contributed by atoms with E-state index in [0.717, 1.165) is 4.88 Å². The number of anilines is 1. The summed E-state index contributed by atoms with van der Waals surface area (Å²) in [5, 5.41) is 6.19. The summed E-state index contributed by atoms with van der Waals surface area (Å²) in [7, 11) is -3.94. The van der Waals surface area contributed by atoms with Crippen LogP contribution < -0.4 is 4.72 Å². The SMILES string of the molecule is O=S(=O)(Nc1cscc1-c1sccc1Cl)c1cc(Cl)c(Cl)cc1Cl. The zero-order valence-corrected chi connectivity index (χ0v) is 17.0. The molecule has 0 fully saturated rings. The van der Waals surface area contributed by atoms with E-state index in [0.29, 0.717) is 16.3 Å². The molecule has 0 aliphatic rings. The van der Waals surface area contributed by atoms with Crippen LogP contribution in [0.4, 0.5) is 5.69 Å². The topological polar surface area (TPSA) is 46.2 Å². The molecule has 0 spiro atoms. The van der Waals surface area contributed by atoms with Crippen molar-refractivity contribution in [3.63, 3.8) is 0 Å². The minimum absolute atomic E-state index is 0.0113. The molecule has 0 bridgehead atoms. The van der Waals surface area contributed by atoms with E-state index < -0.39 is 10.0 Å². The Hall–Kier alpha value is -0.470. The number of benzene rings is 1. The summed E-state index contributed by atoms with van der Waals surface area (Å²) in [5.74, 6) is 0. The van der Waals surface area contributed by atoms with E-state index in [9.17, 15) is 8.42 Å². The second-order valence-electron chi connectivity index (χ2n) is 4.60. The van der Waals surface area contributed by atoms with Gasteiger partial charge in [0.2, 0.25) is 0 Å². The Kier molecular flexibility index (Phi) is 5.37. The van der Waals surface area contributed by atoms with Crippen molar-refractivity contribution in [2.24, 2.45) is 0 Å². The number of sulfonamides is 1. The van der Waals surface area contributed by atoms with Gasteiger partial charge in [0.1, 0.15) is 4.90 Å². The average molecular weight is 459 g/mol. The van der Waals surface area contributed by atoms with E-state index in [2.05, 4.69) is 4.72 Å². The van der Waals surface area contributed by atoms with Crippen LogP contribution in [0.3, 0.4) is 0 Å². The van der Waals surface area contributed by atoms with Crippen LogP contribution in [-0.2, 0) is 10.0 Å². The predicted molar refractivity (Wildman–Crippen MR) is 105 cm³/mol. The lowest BCUT2D eigenvalue weighted by atomic mass is 10.2. The highest BCUT2D eigenvalue weighted by molar-refractivity contribution is 7.92. The van der Waals surface area contributed by atoms with Crippen LogP contribution >= 0.6 is 69.1 Å². The molecule has 0 saturated carbocycles. The van der Waals surface area contributed by atoms with Gasteiger partial charge in [-0.2, -0.15) is 0 Å². The maximum atomic E-state index is 12.7. The zero-order chi connectivity index (χ0) is 17.5. The van der Waals surface area contributed by atoms with Crippen LogP contribution in [0.2, 0.25) is 20.1 Å². The van der Waals surface area contributed by atoms with Gasteiger partial charge in [0.05, 0.1) is 30.7 Å². The van der Waals surface area contributed by atoms with Gasteiger partial charge in [0.25, 0.3) is 10.0 Å². The molecule has 0 amide bonds. The average Bonchev–Trinajstić information content (AvgIpc) is 3.10. The number of halogens is 4. The lowest BCUT2D eigenvalue weighted by Gasteiger charge is -2.11. The summed E-state index contributed by atoms with van der Waals surface area (Å²) >= 11 is 26.7. The molecule has 1 aromatic carbocycles. The van der Waals surface area contributed by atoms with E-state index in [-0.39, 0.29) is 20.0 Å². The first-order chi connectivity index (χ1) is 11.3. The van der Waals surface area contributed by atoms with Crippen LogP contribution in [0.15, 0.2) is 39.2 Å². The summed E-state index contributed by atoms with van der Waals surface area (Å²) in [5.41, 5.74) is 1.13. The van der Waals surface area contributed by atoms with Crippen LogP contribution in [-0.4, -0.2) is 8.42 Å². The van der Waals surface area contributed by atoms with Crippen LogP contribution in [0.1, 0.15) is 0 Å². The molecule has 126 valence electrons. The number of nitrogens with one attached hydrogen (secondary N) is 1. The summed E-state index contributed by atoms with van der Waals surface area (Å²) in [4.78, 5) is 0.642. The molecule has 3 rings (SSSR count). The molecule has 0 atom stereocenters. The minimum atomic E-state index is -3.94. The third-order valence-corrected chi connectivity index (χ3v) is 7.70. The normalized spacial score (nSPS) is 11.7. The number of hydrogen-bond acceptors (Lipinski definition) is 4. The Morgan fingerprint density at radius 2 is 1.62 bits per heavy atom. The van der Waals surface area contributed by atoms with Gasteiger partial charge in [-0.15, -0.1) is 22.7 Å². The molecule has 24 heavy (non-hydrogen) atoms. The van der Waals surface area contributed by atoms with Crippen molar-refractivity contribution >= 4 is 84.8 Å². The quantitative estimate of drug-likeness (QED) is 0.432. The second-order valence-corrected chi connectivity index (χ2v) is 9.54. The highest BCUT2D eigenvalue weighted by atomic mass is 35.5. The van der Waals surface area contributed by atoms with E-state index >= 15 is 0 Å². The van der Waals surface area contributed by atoms with Crippen molar-refractivity contribution in [2.75, 3.05) is 4.72 Å². The van der Waals surface area contributed by atoms with Gasteiger partial charge in [-0.1, -0.05) is 46.4 Å². The van der Waals surface area contributed by atoms with Crippen LogP contribution in [0.25, 0.3) is 10.4 Å². The van der Waals surface area contributed by atoms with Crippen molar-refractivity contribution in [3.8, 4) is 10.4 Å². The van der Waals surface area contributed by atoms with Gasteiger partial charge in [0.15, 0.2) is 0 Å². The first-order valence-electron chi connectivity index (χ1n) is 6.26. The molecule has 10 heteroatoms. The maximum Gasteiger partial charge on any atom is 0.263 e. The molecule has 0 aliphatic heterocycles. The van der Waals surface area contributed by atoms with Gasteiger partial charge < -0.3 is 0 Å². The summed E-state index contributed by atoms with van der Waals surface area (Å²) in [6.45, 7) is 0. The van der Waals surface area contributed by atoms with Gasteiger partial charge >= 0.3 is 0 Å². The molecule has 0 saturated heterocycles. The van der Waals surface area contributed by atoms with Crippen LogP contribution in [0, 0.1) is 0 Å². The van der Waals surface area contributed by atoms with Crippen molar-refractivity contribution in [3.05, 3.63) is 54.4 Å². The minimum Gasteiger partial charge on any atom is -0.278 e. The molecule has 3 nitrogen and oxygen atoms in total. The Balaban J connectivity index is 2.02. The van der Waals surface area contributed by atoms with Gasteiger partial charge in [-0.05, 0) is 23.6 Å². The first kappa shape index (κ1) is 18.3. The molecule has 3 aromatic rings.